The second-order valence-electron chi connectivity index (χ2n) is 3.77. The van der Waals surface area contributed by atoms with Crippen molar-refractivity contribution in [2.75, 3.05) is 5.73 Å². The molecule has 0 atom stereocenters. The monoisotopic (exact) mass is 307 g/mol. The van der Waals surface area contributed by atoms with Crippen molar-refractivity contribution in [2.45, 2.75) is 0 Å². The minimum Gasteiger partial charge on any atom is -0.508 e. The van der Waals surface area contributed by atoms with E-state index in [1.807, 2.05) is 0 Å². The number of rotatable bonds is 2. The molecular weight excluding hydrogens is 298 g/mol. The number of nitrogens with two attached hydrogens (primary N) is 1. The number of nitrogen functional groups attached to an aromatic ring is 1. The summed E-state index contributed by atoms with van der Waals surface area (Å²) < 4.78 is 0.602. The van der Waals surface area contributed by atoms with Crippen LogP contribution >= 0.6 is 15.9 Å². The van der Waals surface area contributed by atoms with E-state index < -0.39 is 5.97 Å². The number of carboxylic acid groups (broad SMARTS) is 1. The number of carbonyl (C=O) groups is 1. The van der Waals surface area contributed by atoms with Crippen LogP contribution in [0.5, 0.6) is 5.75 Å². The van der Waals surface area contributed by atoms with Crippen LogP contribution in [0.25, 0.3) is 11.1 Å². The normalized spacial score (nSPS) is 10.3. The Morgan fingerprint density at radius 3 is 2.28 bits per heavy atom. The smallest absolute Gasteiger partial charge is 0.335 e. The molecule has 0 saturated heterocycles. The van der Waals surface area contributed by atoms with Crippen LogP contribution in [0.2, 0.25) is 0 Å². The van der Waals surface area contributed by atoms with Crippen LogP contribution in [0.1, 0.15) is 10.4 Å². The van der Waals surface area contributed by atoms with E-state index in [9.17, 15) is 9.90 Å². The predicted molar refractivity (Wildman–Crippen MR) is 72.6 cm³/mol. The third kappa shape index (κ3) is 2.31. The van der Waals surface area contributed by atoms with Crippen molar-refractivity contribution in [3.63, 3.8) is 0 Å². The van der Waals surface area contributed by atoms with Gasteiger partial charge in [-0.3, -0.25) is 0 Å². The average molecular weight is 308 g/mol. The summed E-state index contributed by atoms with van der Waals surface area (Å²) in [4.78, 5) is 10.9. The maximum atomic E-state index is 10.9. The first-order valence-corrected chi connectivity index (χ1v) is 5.90. The number of hydrogen-bond acceptors (Lipinski definition) is 3. The molecule has 0 bridgehead atoms. The van der Waals surface area contributed by atoms with Gasteiger partial charge in [0.1, 0.15) is 5.75 Å². The number of carboxylic acids is 1. The predicted octanol–water partition coefficient (Wildman–Crippen LogP) is 3.10. The maximum absolute atomic E-state index is 10.9. The number of benzene rings is 2. The van der Waals surface area contributed by atoms with E-state index in [-0.39, 0.29) is 11.3 Å². The summed E-state index contributed by atoms with van der Waals surface area (Å²) in [5, 5.41) is 18.2. The first kappa shape index (κ1) is 12.4. The van der Waals surface area contributed by atoms with E-state index in [1.165, 1.54) is 12.1 Å². The van der Waals surface area contributed by atoms with Gasteiger partial charge in [-0.15, -0.1) is 0 Å². The number of phenols is 1. The molecule has 4 nitrogen and oxygen atoms in total. The summed E-state index contributed by atoms with van der Waals surface area (Å²) in [7, 11) is 0. The minimum absolute atomic E-state index is 0.127. The van der Waals surface area contributed by atoms with Gasteiger partial charge in [-0.2, -0.15) is 0 Å². The highest BCUT2D eigenvalue weighted by Gasteiger charge is 2.12. The van der Waals surface area contributed by atoms with Crippen LogP contribution in [-0.2, 0) is 0 Å². The molecule has 5 heteroatoms. The molecule has 0 fully saturated rings. The molecule has 92 valence electrons. The molecule has 0 aromatic heterocycles. The lowest BCUT2D eigenvalue weighted by Crippen LogP contribution is -2.00. The molecule has 2 rings (SSSR count). The van der Waals surface area contributed by atoms with Crippen LogP contribution in [0, 0.1) is 0 Å². The second kappa shape index (κ2) is 4.70. The van der Waals surface area contributed by atoms with Gasteiger partial charge in [0.25, 0.3) is 0 Å². The van der Waals surface area contributed by atoms with E-state index in [0.717, 1.165) is 5.56 Å². The Kier molecular flexibility index (Phi) is 3.25. The first-order valence-electron chi connectivity index (χ1n) is 5.11. The Hall–Kier alpha value is -2.01. The van der Waals surface area contributed by atoms with Crippen LogP contribution in [0.3, 0.4) is 0 Å². The zero-order valence-corrected chi connectivity index (χ0v) is 10.8. The number of phenolic OH excluding ortho intramolecular Hbond substituents is 1. The lowest BCUT2D eigenvalue weighted by molar-refractivity contribution is 0.0697. The molecule has 0 spiro atoms. The largest absolute Gasteiger partial charge is 0.508 e. The maximum Gasteiger partial charge on any atom is 0.335 e. The highest BCUT2D eigenvalue weighted by Crippen LogP contribution is 2.35. The van der Waals surface area contributed by atoms with Gasteiger partial charge in [-0.1, -0.05) is 28.1 Å². The van der Waals surface area contributed by atoms with Gasteiger partial charge in [-0.25, -0.2) is 4.79 Å². The summed E-state index contributed by atoms with van der Waals surface area (Å²) in [6.45, 7) is 0. The fraction of sp³-hybridized carbons (Fsp3) is 0. The van der Waals surface area contributed by atoms with Crippen LogP contribution in [0.15, 0.2) is 40.9 Å². The van der Waals surface area contributed by atoms with Crippen molar-refractivity contribution in [3.8, 4) is 16.9 Å². The number of halogens is 1. The molecule has 2 aromatic carbocycles. The van der Waals surface area contributed by atoms with Crippen molar-refractivity contribution in [3.05, 3.63) is 46.4 Å². The molecule has 0 unspecified atom stereocenters. The molecule has 0 aliphatic heterocycles. The van der Waals surface area contributed by atoms with Gasteiger partial charge in [0.2, 0.25) is 0 Å². The summed E-state index contributed by atoms with van der Waals surface area (Å²) in [6.07, 6.45) is 0. The van der Waals surface area contributed by atoms with Gasteiger partial charge in [0.05, 0.1) is 5.56 Å². The zero-order chi connectivity index (χ0) is 13.3. The molecular formula is C13H10BrNO3. The summed E-state index contributed by atoms with van der Waals surface area (Å²) >= 11 is 3.32. The topological polar surface area (TPSA) is 83.6 Å². The third-order valence-corrected chi connectivity index (χ3v) is 3.15. The molecule has 0 heterocycles. The Balaban J connectivity index is 2.58. The van der Waals surface area contributed by atoms with Crippen molar-refractivity contribution in [2.24, 2.45) is 0 Å². The molecule has 0 aliphatic carbocycles. The van der Waals surface area contributed by atoms with E-state index in [4.69, 9.17) is 10.8 Å². The van der Waals surface area contributed by atoms with E-state index >= 15 is 0 Å². The van der Waals surface area contributed by atoms with Crippen LogP contribution in [-0.4, -0.2) is 16.2 Å². The Bertz CT molecular complexity index is 585. The van der Waals surface area contributed by atoms with Gasteiger partial charge >= 0.3 is 5.97 Å². The zero-order valence-electron chi connectivity index (χ0n) is 9.22. The van der Waals surface area contributed by atoms with Gasteiger partial charge in [0.15, 0.2) is 0 Å². The van der Waals surface area contributed by atoms with E-state index in [0.29, 0.717) is 15.7 Å². The minimum atomic E-state index is -1.03. The van der Waals surface area contributed by atoms with E-state index in [2.05, 4.69) is 15.9 Å². The molecule has 2 aromatic rings. The van der Waals surface area contributed by atoms with Crippen LogP contribution < -0.4 is 5.73 Å². The quantitative estimate of drug-likeness (QED) is 0.744. The fourth-order valence-electron chi connectivity index (χ4n) is 1.68. The van der Waals surface area contributed by atoms with Crippen molar-refractivity contribution in [1.29, 1.82) is 0 Å². The van der Waals surface area contributed by atoms with Crippen molar-refractivity contribution in [1.82, 2.24) is 0 Å². The summed E-state index contributed by atoms with van der Waals surface area (Å²) in [6, 6.07) is 9.44. The van der Waals surface area contributed by atoms with Crippen LogP contribution in [0.4, 0.5) is 5.69 Å². The molecule has 0 amide bonds. The Labute approximate surface area is 112 Å². The molecule has 0 saturated carbocycles. The van der Waals surface area contributed by atoms with Crippen molar-refractivity contribution >= 4 is 27.6 Å². The molecule has 0 aliphatic rings. The number of aromatic hydroxyl groups is 1. The average Bonchev–Trinajstić information content (AvgIpc) is 2.30. The molecule has 18 heavy (non-hydrogen) atoms. The SMILES string of the molecule is Nc1cc(C(=O)O)cc(Br)c1-c1ccc(O)cc1. The first-order chi connectivity index (χ1) is 8.49. The Morgan fingerprint density at radius 1 is 1.17 bits per heavy atom. The fourth-order valence-corrected chi connectivity index (χ4v) is 2.39. The molecule has 4 N–H and O–H groups in total. The van der Waals surface area contributed by atoms with Gasteiger partial charge in [-0.05, 0) is 29.8 Å². The summed E-state index contributed by atoms with van der Waals surface area (Å²) in [5.41, 5.74) is 7.88. The van der Waals surface area contributed by atoms with E-state index in [1.54, 1.807) is 24.3 Å². The van der Waals surface area contributed by atoms with Gasteiger partial charge in [0, 0.05) is 15.7 Å². The third-order valence-electron chi connectivity index (χ3n) is 2.52. The standard InChI is InChI=1S/C13H10BrNO3/c14-10-5-8(13(17)18)6-11(15)12(10)7-1-3-9(16)4-2-7/h1-6,16H,15H2,(H,17,18). The van der Waals surface area contributed by atoms with Crippen molar-refractivity contribution < 1.29 is 15.0 Å². The lowest BCUT2D eigenvalue weighted by Gasteiger charge is -2.10. The number of anilines is 1. The number of hydrogen-bond donors (Lipinski definition) is 3. The highest BCUT2D eigenvalue weighted by molar-refractivity contribution is 9.10. The summed E-state index contributed by atoms with van der Waals surface area (Å²) in [5.74, 6) is -0.866. The molecule has 0 radical (unpaired) electrons. The lowest BCUT2D eigenvalue weighted by atomic mass is 10.0. The highest BCUT2D eigenvalue weighted by atomic mass is 79.9. The van der Waals surface area contributed by atoms with Gasteiger partial charge < -0.3 is 15.9 Å². The number of aromatic carboxylic acids is 1. The second-order valence-corrected chi connectivity index (χ2v) is 4.63. The Morgan fingerprint density at radius 2 is 1.78 bits per heavy atom.